The van der Waals surface area contributed by atoms with Crippen LogP contribution in [0.3, 0.4) is 0 Å². The second kappa shape index (κ2) is 15.8. The van der Waals surface area contributed by atoms with Gasteiger partial charge < -0.3 is 0 Å². The number of aryl methyl sites for hydroxylation is 2. The molecule has 63 heavy (non-hydrogen) atoms. The Hall–Kier alpha value is -8.01. The number of hydrogen-bond donors (Lipinski definition) is 0. The second-order valence-electron chi connectivity index (χ2n) is 16.4. The van der Waals surface area contributed by atoms with E-state index in [-0.39, 0.29) is 0 Å². The molecule has 2 aromatic heterocycles. The third kappa shape index (κ3) is 6.66. The smallest absolute Gasteiger partial charge is 0.126 e. The van der Waals surface area contributed by atoms with Gasteiger partial charge in [0.15, 0.2) is 0 Å². The molecule has 0 aliphatic heterocycles. The first kappa shape index (κ1) is 38.0. The van der Waals surface area contributed by atoms with E-state index in [0.29, 0.717) is 0 Å². The van der Waals surface area contributed by atoms with Gasteiger partial charge in [0.2, 0.25) is 0 Å². The maximum Gasteiger partial charge on any atom is 0.126 e. The van der Waals surface area contributed by atoms with Crippen molar-refractivity contribution in [2.24, 2.45) is 0 Å². The molecule has 0 fully saturated rings. The lowest BCUT2D eigenvalue weighted by Crippen LogP contribution is -2.28. The average molecular weight is 806 g/mol. The van der Waals surface area contributed by atoms with E-state index in [4.69, 9.17) is 15.0 Å². The first-order valence-corrected chi connectivity index (χ1v) is 21.6. The Morgan fingerprint density at radius 1 is 0.317 bits per heavy atom. The molecule has 298 valence electrons. The lowest BCUT2D eigenvalue weighted by molar-refractivity contribution is 0.769. The van der Waals surface area contributed by atoms with Gasteiger partial charge in [0.25, 0.3) is 0 Å². The predicted octanol–water partition coefficient (Wildman–Crippen LogP) is 14.9. The summed E-state index contributed by atoms with van der Waals surface area (Å²) in [7, 11) is 0. The summed E-state index contributed by atoms with van der Waals surface area (Å²) in [6, 6.07) is 78.7. The minimum Gasteiger partial charge on any atom is -0.256 e. The van der Waals surface area contributed by atoms with Crippen LogP contribution in [-0.2, 0) is 5.41 Å². The van der Waals surface area contributed by atoms with Crippen molar-refractivity contribution in [2.75, 3.05) is 0 Å². The fourth-order valence-electron chi connectivity index (χ4n) is 9.79. The average Bonchev–Trinajstić information content (AvgIpc) is 3.65. The number of nitrogens with zero attached hydrogens (tertiary/aromatic N) is 3. The number of hydrogen-bond acceptors (Lipinski definition) is 3. The highest BCUT2D eigenvalue weighted by molar-refractivity contribution is 5.88. The maximum atomic E-state index is 5.08. The number of pyridine rings is 1. The maximum absolute atomic E-state index is 5.08. The zero-order valence-electron chi connectivity index (χ0n) is 35.2. The first-order chi connectivity index (χ1) is 31.0. The van der Waals surface area contributed by atoms with Gasteiger partial charge in [-0.3, -0.25) is 4.98 Å². The van der Waals surface area contributed by atoms with Gasteiger partial charge in [-0.25, -0.2) is 9.97 Å². The number of aromatic nitrogens is 3. The van der Waals surface area contributed by atoms with Gasteiger partial charge in [0.05, 0.1) is 22.5 Å². The Kier molecular flexibility index (Phi) is 9.51. The fourth-order valence-corrected chi connectivity index (χ4v) is 9.79. The van der Waals surface area contributed by atoms with Crippen LogP contribution in [0.25, 0.3) is 78.3 Å². The van der Waals surface area contributed by atoms with E-state index in [1.807, 2.05) is 19.2 Å². The normalized spacial score (nSPS) is 12.4. The van der Waals surface area contributed by atoms with E-state index in [0.717, 1.165) is 73.0 Å². The molecule has 1 aliphatic carbocycles. The summed E-state index contributed by atoms with van der Waals surface area (Å²) in [5.74, 6) is 0.732. The van der Waals surface area contributed by atoms with Crippen LogP contribution >= 0.6 is 0 Å². The minimum absolute atomic E-state index is 0.602. The highest BCUT2D eigenvalue weighted by Gasteiger charge is 2.46. The van der Waals surface area contributed by atoms with Crippen LogP contribution in [0.5, 0.6) is 0 Å². The Morgan fingerprint density at radius 3 is 1.48 bits per heavy atom. The molecule has 8 aromatic carbocycles. The van der Waals surface area contributed by atoms with Crippen molar-refractivity contribution < 1.29 is 0 Å². The molecule has 0 bridgehead atoms. The van der Waals surface area contributed by atoms with Crippen molar-refractivity contribution in [1.29, 1.82) is 0 Å². The van der Waals surface area contributed by atoms with E-state index in [2.05, 4.69) is 219 Å². The fraction of sp³-hybridized carbons (Fsp3) is 0.0500. The molecule has 1 aliphatic rings. The van der Waals surface area contributed by atoms with E-state index in [1.165, 1.54) is 38.9 Å². The molecule has 0 atom stereocenters. The van der Waals surface area contributed by atoms with E-state index < -0.39 is 5.41 Å². The van der Waals surface area contributed by atoms with Gasteiger partial charge in [-0.15, -0.1) is 0 Å². The third-order valence-electron chi connectivity index (χ3n) is 12.7. The van der Waals surface area contributed by atoms with Gasteiger partial charge in [-0.05, 0) is 111 Å². The van der Waals surface area contributed by atoms with Crippen molar-refractivity contribution in [1.82, 2.24) is 15.0 Å². The van der Waals surface area contributed by atoms with Crippen LogP contribution in [0.4, 0.5) is 0 Å². The molecule has 10 aromatic rings. The molecule has 0 saturated carbocycles. The molecule has 0 amide bonds. The Labute approximate surface area is 369 Å². The molecule has 0 unspecified atom stereocenters. The Bertz CT molecular complexity index is 3270. The summed E-state index contributed by atoms with van der Waals surface area (Å²) in [5.41, 5.74) is 21.0. The summed E-state index contributed by atoms with van der Waals surface area (Å²) in [6.07, 6.45) is 2.02. The Balaban J connectivity index is 1.05. The van der Waals surface area contributed by atoms with Crippen LogP contribution in [0.2, 0.25) is 0 Å². The van der Waals surface area contributed by atoms with E-state index in [1.54, 1.807) is 0 Å². The number of rotatable bonds is 8. The van der Waals surface area contributed by atoms with Gasteiger partial charge in [-0.1, -0.05) is 188 Å². The molecular weight excluding hydrogens is 763 g/mol. The van der Waals surface area contributed by atoms with Crippen LogP contribution < -0.4 is 0 Å². The standard InChI is InChI=1S/C60H43N3/c1-40-34-57(43-20-7-4-8-21-43)61-39-54(40)46-24-15-22-44(35-46)45-23-16-26-48(36-45)60(55-32-13-11-29-51(55)52-30-12-14-33-56(52)60)49-27-17-25-47(37-49)58-38-59(63-41(2)62-58)53-31-10-9-28-50(53)42-18-5-3-6-19-42/h3-39H,1-2H3. The SMILES string of the molecule is Cc1nc(-c2cccc(C3(c4cccc(-c5cccc(-c6cnc(-c7ccccc7)cc6C)c5)c4)c4ccccc4-c4ccccc43)c2)cc(-c2ccccc2-c2ccccc2)n1. The van der Waals surface area contributed by atoms with Crippen molar-refractivity contribution in [3.8, 4) is 78.3 Å². The summed E-state index contributed by atoms with van der Waals surface area (Å²) in [6.45, 7) is 4.17. The molecule has 3 nitrogen and oxygen atoms in total. The zero-order valence-corrected chi connectivity index (χ0v) is 35.2. The quantitative estimate of drug-likeness (QED) is 0.154. The molecule has 0 N–H and O–H groups in total. The third-order valence-corrected chi connectivity index (χ3v) is 12.7. The van der Waals surface area contributed by atoms with Gasteiger partial charge in [0.1, 0.15) is 5.82 Å². The van der Waals surface area contributed by atoms with E-state index >= 15 is 0 Å². The minimum atomic E-state index is -0.602. The molecule has 0 radical (unpaired) electrons. The summed E-state index contributed by atoms with van der Waals surface area (Å²) in [5, 5.41) is 0. The molecule has 0 spiro atoms. The summed E-state index contributed by atoms with van der Waals surface area (Å²) >= 11 is 0. The first-order valence-electron chi connectivity index (χ1n) is 21.6. The van der Waals surface area contributed by atoms with Gasteiger partial charge >= 0.3 is 0 Å². The van der Waals surface area contributed by atoms with Gasteiger partial charge in [-0.2, -0.15) is 0 Å². The number of benzene rings is 8. The van der Waals surface area contributed by atoms with Crippen LogP contribution in [-0.4, -0.2) is 15.0 Å². The largest absolute Gasteiger partial charge is 0.256 e. The van der Waals surface area contributed by atoms with Crippen molar-refractivity contribution in [2.45, 2.75) is 19.3 Å². The van der Waals surface area contributed by atoms with Crippen LogP contribution in [0.1, 0.15) is 33.6 Å². The molecule has 11 rings (SSSR count). The lowest BCUT2D eigenvalue weighted by atomic mass is 9.67. The van der Waals surface area contributed by atoms with E-state index in [9.17, 15) is 0 Å². The molecule has 3 heteroatoms. The van der Waals surface area contributed by atoms with Crippen molar-refractivity contribution in [3.05, 3.63) is 258 Å². The molecule has 0 saturated heterocycles. The molecular formula is C60H43N3. The monoisotopic (exact) mass is 805 g/mol. The highest BCUT2D eigenvalue weighted by Crippen LogP contribution is 2.56. The second-order valence-corrected chi connectivity index (χ2v) is 16.4. The Morgan fingerprint density at radius 2 is 0.810 bits per heavy atom. The van der Waals surface area contributed by atoms with Crippen LogP contribution in [0, 0.1) is 13.8 Å². The van der Waals surface area contributed by atoms with Gasteiger partial charge in [0, 0.05) is 28.5 Å². The van der Waals surface area contributed by atoms with Crippen molar-refractivity contribution >= 4 is 0 Å². The highest BCUT2D eigenvalue weighted by atomic mass is 14.9. The molecule has 2 heterocycles. The number of fused-ring (bicyclic) bond motifs is 3. The predicted molar refractivity (Wildman–Crippen MR) is 259 cm³/mol. The van der Waals surface area contributed by atoms with Crippen molar-refractivity contribution in [3.63, 3.8) is 0 Å². The topological polar surface area (TPSA) is 38.7 Å². The zero-order chi connectivity index (χ0) is 42.3. The lowest BCUT2D eigenvalue weighted by Gasteiger charge is -2.34. The van der Waals surface area contributed by atoms with Crippen LogP contribution in [0.15, 0.2) is 225 Å². The summed E-state index contributed by atoms with van der Waals surface area (Å²) in [4.78, 5) is 15.0. The summed E-state index contributed by atoms with van der Waals surface area (Å²) < 4.78 is 0.